The van der Waals surface area contributed by atoms with Crippen molar-refractivity contribution >= 4 is 33.4 Å². The van der Waals surface area contributed by atoms with Gasteiger partial charge in [-0.3, -0.25) is 4.79 Å². The predicted molar refractivity (Wildman–Crippen MR) is 98.8 cm³/mol. The highest BCUT2D eigenvalue weighted by Crippen LogP contribution is 2.31. The minimum Gasteiger partial charge on any atom is -0.325 e. The number of carbonyl (C=O) groups excluding carboxylic acids is 1. The molecule has 1 aromatic rings. The summed E-state index contributed by atoms with van der Waals surface area (Å²) in [5, 5.41) is 2.84. The number of thioether (sulfide) groups is 1. The summed E-state index contributed by atoms with van der Waals surface area (Å²) in [6.45, 7) is 6.81. The third-order valence-electron chi connectivity index (χ3n) is 4.21. The van der Waals surface area contributed by atoms with Crippen molar-refractivity contribution in [3.8, 4) is 0 Å². The number of piperidine rings is 1. The molecule has 0 spiro atoms. The van der Waals surface area contributed by atoms with Crippen LogP contribution in [0.1, 0.15) is 33.6 Å². The molecule has 0 aliphatic carbocycles. The van der Waals surface area contributed by atoms with E-state index in [0.29, 0.717) is 24.7 Å². The van der Waals surface area contributed by atoms with Crippen LogP contribution in [0, 0.1) is 11.8 Å². The Balaban J connectivity index is 2.34. The maximum atomic E-state index is 12.9. The van der Waals surface area contributed by atoms with E-state index in [1.54, 1.807) is 22.5 Å². The normalized spacial score (nSPS) is 19.5. The average Bonchev–Trinajstić information content (AvgIpc) is 2.54. The van der Waals surface area contributed by atoms with Gasteiger partial charge >= 0.3 is 0 Å². The first-order valence-electron chi connectivity index (χ1n) is 8.24. The zero-order valence-corrected chi connectivity index (χ0v) is 16.3. The molecule has 5 nitrogen and oxygen atoms in total. The summed E-state index contributed by atoms with van der Waals surface area (Å²) in [5.41, 5.74) is 0.562. The fourth-order valence-corrected chi connectivity index (χ4v) is 4.90. The smallest absolute Gasteiger partial charge is 0.243 e. The highest BCUT2D eigenvalue weighted by Gasteiger charge is 2.29. The lowest BCUT2D eigenvalue weighted by molar-refractivity contribution is -0.118. The number of nitrogens with one attached hydrogen (secondary N) is 1. The summed E-state index contributed by atoms with van der Waals surface area (Å²) >= 11 is 1.48. The van der Waals surface area contributed by atoms with Crippen LogP contribution < -0.4 is 5.32 Å². The van der Waals surface area contributed by atoms with Crippen LogP contribution in [0.5, 0.6) is 0 Å². The van der Waals surface area contributed by atoms with Gasteiger partial charge in [0, 0.05) is 23.9 Å². The van der Waals surface area contributed by atoms with Gasteiger partial charge in [-0.05, 0) is 43.2 Å². The molecule has 1 N–H and O–H groups in total. The van der Waals surface area contributed by atoms with Crippen LogP contribution in [0.4, 0.5) is 5.69 Å². The molecule has 0 radical (unpaired) electrons. The Kier molecular flexibility index (Phi) is 6.33. The Hall–Kier alpha value is -1.05. The van der Waals surface area contributed by atoms with Crippen molar-refractivity contribution in [3.05, 3.63) is 18.2 Å². The van der Waals surface area contributed by atoms with Crippen LogP contribution in [0.15, 0.2) is 28.0 Å². The van der Waals surface area contributed by atoms with E-state index in [1.807, 2.05) is 20.1 Å². The van der Waals surface area contributed by atoms with Gasteiger partial charge in [0.2, 0.25) is 15.9 Å². The third kappa shape index (κ3) is 4.32. The second kappa shape index (κ2) is 7.89. The zero-order valence-electron chi connectivity index (χ0n) is 14.7. The molecule has 1 aliphatic heterocycles. The second-order valence-corrected chi connectivity index (χ2v) is 9.40. The van der Waals surface area contributed by atoms with E-state index < -0.39 is 10.0 Å². The van der Waals surface area contributed by atoms with Crippen molar-refractivity contribution < 1.29 is 13.2 Å². The number of benzene rings is 1. The Morgan fingerprint density at radius 1 is 1.38 bits per heavy atom. The molecule has 7 heteroatoms. The van der Waals surface area contributed by atoms with Gasteiger partial charge in [-0.15, -0.1) is 11.8 Å². The Labute approximate surface area is 149 Å². The maximum absolute atomic E-state index is 12.9. The Morgan fingerprint density at radius 2 is 2.08 bits per heavy atom. The van der Waals surface area contributed by atoms with E-state index in [1.165, 1.54) is 11.8 Å². The highest BCUT2D eigenvalue weighted by molar-refractivity contribution is 7.98. The monoisotopic (exact) mass is 370 g/mol. The molecular formula is C17H26N2O3S2. The number of anilines is 1. The van der Waals surface area contributed by atoms with Gasteiger partial charge in [0.05, 0.1) is 10.6 Å². The molecule has 1 aromatic carbocycles. The number of carbonyl (C=O) groups is 1. The van der Waals surface area contributed by atoms with Crippen molar-refractivity contribution in [2.24, 2.45) is 11.8 Å². The molecule has 1 atom stereocenters. The first kappa shape index (κ1) is 19.3. The topological polar surface area (TPSA) is 66.5 Å². The molecular weight excluding hydrogens is 344 g/mol. The number of sulfonamides is 1. The molecule has 0 saturated carbocycles. The van der Waals surface area contributed by atoms with Gasteiger partial charge in [-0.1, -0.05) is 20.8 Å². The summed E-state index contributed by atoms with van der Waals surface area (Å²) < 4.78 is 27.4. The van der Waals surface area contributed by atoms with Crippen LogP contribution in [-0.4, -0.2) is 38.0 Å². The van der Waals surface area contributed by atoms with E-state index in [9.17, 15) is 13.2 Å². The molecule has 0 bridgehead atoms. The van der Waals surface area contributed by atoms with Crippen LogP contribution in [0.25, 0.3) is 0 Å². The number of amides is 1. The lowest BCUT2D eigenvalue weighted by atomic mass is 10.0. The lowest BCUT2D eigenvalue weighted by Crippen LogP contribution is -2.39. The van der Waals surface area contributed by atoms with Crippen molar-refractivity contribution in [1.29, 1.82) is 0 Å². The summed E-state index contributed by atoms with van der Waals surface area (Å²) in [4.78, 5) is 13.1. The summed E-state index contributed by atoms with van der Waals surface area (Å²) in [5.74, 6) is 0.0912. The van der Waals surface area contributed by atoms with E-state index in [0.717, 1.165) is 17.7 Å². The van der Waals surface area contributed by atoms with E-state index in [-0.39, 0.29) is 16.7 Å². The Morgan fingerprint density at radius 3 is 2.67 bits per heavy atom. The summed E-state index contributed by atoms with van der Waals surface area (Å²) in [7, 11) is -3.53. The largest absolute Gasteiger partial charge is 0.325 e. The van der Waals surface area contributed by atoms with Gasteiger partial charge in [-0.2, -0.15) is 4.31 Å². The van der Waals surface area contributed by atoms with E-state index >= 15 is 0 Å². The van der Waals surface area contributed by atoms with Gasteiger partial charge in [0.1, 0.15) is 0 Å². The standard InChI is InChI=1S/C17H26N2O3S2/c1-12(2)17(20)18-15-10-14(7-8-16(15)23-4)24(21,22)19-9-5-6-13(3)11-19/h7-8,10,12-13H,5-6,9,11H2,1-4H3,(H,18,20). The first-order chi connectivity index (χ1) is 11.3. The van der Waals surface area contributed by atoms with Crippen molar-refractivity contribution in [2.45, 2.75) is 43.4 Å². The fourth-order valence-electron chi connectivity index (χ4n) is 2.74. The molecule has 1 amide bonds. The van der Waals surface area contributed by atoms with Crippen molar-refractivity contribution in [2.75, 3.05) is 24.7 Å². The van der Waals surface area contributed by atoms with Gasteiger partial charge in [0.25, 0.3) is 0 Å². The van der Waals surface area contributed by atoms with Gasteiger partial charge < -0.3 is 5.32 Å². The molecule has 1 unspecified atom stereocenters. The minimum absolute atomic E-state index is 0.119. The average molecular weight is 371 g/mol. The third-order valence-corrected chi connectivity index (χ3v) is 6.87. The van der Waals surface area contributed by atoms with E-state index in [2.05, 4.69) is 12.2 Å². The molecule has 0 aromatic heterocycles. The SMILES string of the molecule is CSc1ccc(S(=O)(=O)N2CCCC(C)C2)cc1NC(=O)C(C)C. The maximum Gasteiger partial charge on any atom is 0.243 e. The molecule has 24 heavy (non-hydrogen) atoms. The molecule has 2 rings (SSSR count). The molecule has 1 fully saturated rings. The van der Waals surface area contributed by atoms with Crippen molar-refractivity contribution in [3.63, 3.8) is 0 Å². The van der Waals surface area contributed by atoms with E-state index in [4.69, 9.17) is 0 Å². The van der Waals surface area contributed by atoms with Crippen LogP contribution in [-0.2, 0) is 14.8 Å². The predicted octanol–water partition coefficient (Wildman–Crippen LogP) is 3.42. The second-order valence-electron chi connectivity index (χ2n) is 6.62. The Bertz CT molecular complexity index is 702. The summed E-state index contributed by atoms with van der Waals surface area (Å²) in [6.07, 6.45) is 3.86. The van der Waals surface area contributed by atoms with Gasteiger partial charge in [-0.25, -0.2) is 8.42 Å². The van der Waals surface area contributed by atoms with Gasteiger partial charge in [0.15, 0.2) is 0 Å². The lowest BCUT2D eigenvalue weighted by Gasteiger charge is -2.30. The van der Waals surface area contributed by atoms with Crippen LogP contribution >= 0.6 is 11.8 Å². The number of nitrogens with zero attached hydrogens (tertiary/aromatic N) is 1. The van der Waals surface area contributed by atoms with Crippen LogP contribution in [0.2, 0.25) is 0 Å². The minimum atomic E-state index is -3.53. The highest BCUT2D eigenvalue weighted by atomic mass is 32.2. The first-order valence-corrected chi connectivity index (χ1v) is 10.9. The fraction of sp³-hybridized carbons (Fsp3) is 0.588. The van der Waals surface area contributed by atoms with Crippen LogP contribution in [0.3, 0.4) is 0 Å². The molecule has 1 aliphatic rings. The number of hydrogen-bond acceptors (Lipinski definition) is 4. The number of hydrogen-bond donors (Lipinski definition) is 1. The zero-order chi connectivity index (χ0) is 17.9. The molecule has 134 valence electrons. The quantitative estimate of drug-likeness (QED) is 0.807. The number of rotatable bonds is 5. The van der Waals surface area contributed by atoms with Crippen molar-refractivity contribution in [1.82, 2.24) is 4.31 Å². The molecule has 1 heterocycles. The molecule has 1 saturated heterocycles. The summed E-state index contributed by atoms with van der Waals surface area (Å²) in [6, 6.07) is 4.98.